The lowest BCUT2D eigenvalue weighted by Gasteiger charge is -2.05. The Morgan fingerprint density at radius 2 is 2.05 bits per heavy atom. The SMILES string of the molecule is CCc1ccc(Cn2c(C)nc3ccc(C(=O)O)cc32)s1. The van der Waals surface area contributed by atoms with Crippen molar-refractivity contribution in [2.24, 2.45) is 0 Å². The molecule has 21 heavy (non-hydrogen) atoms. The predicted molar refractivity (Wildman–Crippen MR) is 84.2 cm³/mol. The molecular formula is C16H16N2O2S. The van der Waals surface area contributed by atoms with Crippen LogP contribution in [0.3, 0.4) is 0 Å². The van der Waals surface area contributed by atoms with Crippen LogP contribution in [0.15, 0.2) is 30.3 Å². The predicted octanol–water partition coefficient (Wildman–Crippen LogP) is 3.72. The van der Waals surface area contributed by atoms with Crippen molar-refractivity contribution in [3.05, 3.63) is 51.5 Å². The van der Waals surface area contributed by atoms with E-state index in [1.165, 1.54) is 9.75 Å². The van der Waals surface area contributed by atoms with Gasteiger partial charge in [-0.05, 0) is 43.7 Å². The van der Waals surface area contributed by atoms with Crippen LogP contribution in [-0.4, -0.2) is 20.6 Å². The molecule has 0 radical (unpaired) electrons. The molecule has 0 aliphatic carbocycles. The van der Waals surface area contributed by atoms with Crippen molar-refractivity contribution in [2.75, 3.05) is 0 Å². The normalized spacial score (nSPS) is 11.1. The van der Waals surface area contributed by atoms with Gasteiger partial charge < -0.3 is 9.67 Å². The molecule has 0 saturated carbocycles. The zero-order valence-electron chi connectivity index (χ0n) is 12.0. The third-order valence-electron chi connectivity index (χ3n) is 3.57. The number of aromatic carboxylic acids is 1. The first-order valence-electron chi connectivity index (χ1n) is 6.86. The van der Waals surface area contributed by atoms with Crippen molar-refractivity contribution in [3.8, 4) is 0 Å². The molecule has 1 N–H and O–H groups in total. The third-order valence-corrected chi connectivity index (χ3v) is 4.78. The van der Waals surface area contributed by atoms with Gasteiger partial charge in [0.1, 0.15) is 5.82 Å². The lowest BCUT2D eigenvalue weighted by Crippen LogP contribution is -2.01. The Morgan fingerprint density at radius 1 is 1.29 bits per heavy atom. The molecule has 2 heterocycles. The van der Waals surface area contributed by atoms with E-state index >= 15 is 0 Å². The summed E-state index contributed by atoms with van der Waals surface area (Å²) in [6.45, 7) is 4.83. The van der Waals surface area contributed by atoms with E-state index in [9.17, 15) is 4.79 Å². The van der Waals surface area contributed by atoms with Crippen LogP contribution in [-0.2, 0) is 13.0 Å². The van der Waals surface area contributed by atoms with Gasteiger partial charge in [0, 0.05) is 9.75 Å². The monoisotopic (exact) mass is 300 g/mol. The lowest BCUT2D eigenvalue weighted by atomic mass is 10.2. The molecule has 0 amide bonds. The van der Waals surface area contributed by atoms with Crippen molar-refractivity contribution < 1.29 is 9.90 Å². The van der Waals surface area contributed by atoms with Gasteiger partial charge in [0.25, 0.3) is 0 Å². The molecule has 0 fully saturated rings. The zero-order valence-corrected chi connectivity index (χ0v) is 12.8. The number of aromatic nitrogens is 2. The van der Waals surface area contributed by atoms with Crippen molar-refractivity contribution >= 4 is 28.3 Å². The van der Waals surface area contributed by atoms with Gasteiger partial charge in [-0.2, -0.15) is 0 Å². The molecule has 0 unspecified atom stereocenters. The van der Waals surface area contributed by atoms with Gasteiger partial charge in [-0.1, -0.05) is 6.92 Å². The highest BCUT2D eigenvalue weighted by atomic mass is 32.1. The molecule has 0 bridgehead atoms. The Morgan fingerprint density at radius 3 is 2.71 bits per heavy atom. The van der Waals surface area contributed by atoms with E-state index in [-0.39, 0.29) is 0 Å². The molecule has 5 heteroatoms. The minimum absolute atomic E-state index is 0.295. The molecule has 2 aromatic heterocycles. The van der Waals surface area contributed by atoms with E-state index in [4.69, 9.17) is 5.11 Å². The number of rotatable bonds is 4. The second kappa shape index (κ2) is 5.33. The number of aryl methyl sites for hydroxylation is 2. The first-order valence-corrected chi connectivity index (χ1v) is 7.68. The van der Waals surface area contributed by atoms with Crippen LogP contribution in [0.25, 0.3) is 11.0 Å². The quantitative estimate of drug-likeness (QED) is 0.799. The molecular weight excluding hydrogens is 284 g/mol. The van der Waals surface area contributed by atoms with Crippen LogP contribution in [0.1, 0.15) is 32.9 Å². The number of nitrogens with zero attached hydrogens (tertiary/aromatic N) is 2. The summed E-state index contributed by atoms with van der Waals surface area (Å²) in [5.74, 6) is -0.00863. The van der Waals surface area contributed by atoms with E-state index < -0.39 is 5.97 Å². The second-order valence-corrected chi connectivity index (χ2v) is 6.23. The molecule has 4 nitrogen and oxygen atoms in total. The highest BCUT2D eigenvalue weighted by Crippen LogP contribution is 2.23. The lowest BCUT2D eigenvalue weighted by molar-refractivity contribution is 0.0697. The van der Waals surface area contributed by atoms with Gasteiger partial charge in [-0.25, -0.2) is 9.78 Å². The van der Waals surface area contributed by atoms with Gasteiger partial charge >= 0.3 is 5.97 Å². The van der Waals surface area contributed by atoms with Crippen LogP contribution in [0, 0.1) is 6.92 Å². The van der Waals surface area contributed by atoms with E-state index in [2.05, 4.69) is 28.6 Å². The maximum absolute atomic E-state index is 11.1. The molecule has 0 saturated heterocycles. The van der Waals surface area contributed by atoms with Crippen molar-refractivity contribution in [3.63, 3.8) is 0 Å². The Bertz CT molecular complexity index is 817. The number of carboxylic acid groups (broad SMARTS) is 1. The molecule has 0 aliphatic heterocycles. The number of imidazole rings is 1. The standard InChI is InChI=1S/C16H16N2O2S/c1-3-12-5-6-13(21-12)9-18-10(2)17-14-7-4-11(16(19)20)8-15(14)18/h4-8H,3,9H2,1-2H3,(H,19,20). The maximum Gasteiger partial charge on any atom is 0.335 e. The fourth-order valence-electron chi connectivity index (χ4n) is 2.43. The smallest absolute Gasteiger partial charge is 0.335 e. The Labute approximate surface area is 126 Å². The van der Waals surface area contributed by atoms with Crippen molar-refractivity contribution in [2.45, 2.75) is 26.8 Å². The largest absolute Gasteiger partial charge is 0.478 e. The molecule has 1 aromatic carbocycles. The van der Waals surface area contributed by atoms with E-state index in [1.54, 1.807) is 29.5 Å². The van der Waals surface area contributed by atoms with Crippen LogP contribution in [0.2, 0.25) is 0 Å². The number of carbonyl (C=O) groups is 1. The summed E-state index contributed by atoms with van der Waals surface area (Å²) < 4.78 is 2.08. The topological polar surface area (TPSA) is 55.1 Å². The number of benzene rings is 1. The summed E-state index contributed by atoms with van der Waals surface area (Å²) in [5.41, 5.74) is 2.01. The van der Waals surface area contributed by atoms with Gasteiger partial charge in [-0.3, -0.25) is 0 Å². The van der Waals surface area contributed by atoms with Gasteiger partial charge in [0.2, 0.25) is 0 Å². The molecule has 0 aliphatic rings. The number of fused-ring (bicyclic) bond motifs is 1. The minimum atomic E-state index is -0.910. The number of hydrogen-bond acceptors (Lipinski definition) is 3. The minimum Gasteiger partial charge on any atom is -0.478 e. The highest BCUT2D eigenvalue weighted by molar-refractivity contribution is 7.11. The maximum atomic E-state index is 11.1. The molecule has 0 atom stereocenters. The molecule has 3 aromatic rings. The molecule has 0 spiro atoms. The van der Waals surface area contributed by atoms with Crippen LogP contribution in [0.4, 0.5) is 0 Å². The Balaban J connectivity index is 2.05. The summed E-state index contributed by atoms with van der Waals surface area (Å²) >= 11 is 1.79. The number of carboxylic acids is 1. The van der Waals surface area contributed by atoms with E-state index in [1.807, 2.05) is 6.92 Å². The van der Waals surface area contributed by atoms with Crippen LogP contribution < -0.4 is 0 Å². The summed E-state index contributed by atoms with van der Waals surface area (Å²) in [4.78, 5) is 18.3. The Hall–Kier alpha value is -2.14. The first-order chi connectivity index (χ1) is 10.1. The highest BCUT2D eigenvalue weighted by Gasteiger charge is 2.12. The summed E-state index contributed by atoms with van der Waals surface area (Å²) in [6.07, 6.45) is 1.04. The van der Waals surface area contributed by atoms with Gasteiger partial charge in [0.15, 0.2) is 0 Å². The van der Waals surface area contributed by atoms with Crippen molar-refractivity contribution in [1.82, 2.24) is 9.55 Å². The Kier molecular flexibility index (Phi) is 3.51. The average Bonchev–Trinajstić information content (AvgIpc) is 3.04. The molecule has 108 valence electrons. The van der Waals surface area contributed by atoms with Crippen LogP contribution in [0.5, 0.6) is 0 Å². The van der Waals surface area contributed by atoms with E-state index in [0.29, 0.717) is 5.56 Å². The summed E-state index contributed by atoms with van der Waals surface area (Å²) in [6, 6.07) is 9.36. The average molecular weight is 300 g/mol. The zero-order chi connectivity index (χ0) is 15.0. The number of thiophene rings is 1. The number of hydrogen-bond donors (Lipinski definition) is 1. The summed E-state index contributed by atoms with van der Waals surface area (Å²) in [5, 5.41) is 9.14. The van der Waals surface area contributed by atoms with Gasteiger partial charge in [-0.15, -0.1) is 11.3 Å². The van der Waals surface area contributed by atoms with Crippen molar-refractivity contribution in [1.29, 1.82) is 0 Å². The van der Waals surface area contributed by atoms with E-state index in [0.717, 1.165) is 29.8 Å². The fraction of sp³-hybridized carbons (Fsp3) is 0.250. The fourth-order valence-corrected chi connectivity index (χ4v) is 3.38. The summed E-state index contributed by atoms with van der Waals surface area (Å²) in [7, 11) is 0. The van der Waals surface area contributed by atoms with Gasteiger partial charge in [0.05, 0.1) is 23.1 Å². The second-order valence-electron chi connectivity index (χ2n) is 4.98. The van der Waals surface area contributed by atoms with Crippen LogP contribution >= 0.6 is 11.3 Å². The first kappa shape index (κ1) is 13.8. The third kappa shape index (κ3) is 2.56. The molecule has 3 rings (SSSR count).